The van der Waals surface area contributed by atoms with Crippen LogP contribution in [0.2, 0.25) is 0 Å². The first-order valence-electron chi connectivity index (χ1n) is 4.33. The first-order valence-corrected chi connectivity index (χ1v) is 4.33. The number of rotatable bonds is 2. The zero-order valence-corrected chi connectivity index (χ0v) is 7.70. The summed E-state index contributed by atoms with van der Waals surface area (Å²) >= 11 is 0. The van der Waals surface area contributed by atoms with E-state index >= 15 is 0 Å². The van der Waals surface area contributed by atoms with Gasteiger partial charge in [0.1, 0.15) is 5.36 Å². The molecule has 0 amide bonds. The van der Waals surface area contributed by atoms with E-state index in [2.05, 4.69) is 17.2 Å². The molecule has 0 bridgehead atoms. The van der Waals surface area contributed by atoms with Crippen molar-refractivity contribution < 1.29 is 5.11 Å². The van der Waals surface area contributed by atoms with Crippen molar-refractivity contribution >= 4 is 18.0 Å². The van der Waals surface area contributed by atoms with E-state index in [1.807, 2.05) is 6.07 Å². The molecule has 1 aliphatic heterocycles. The molecular formula is C9H12N4O. The Morgan fingerprint density at radius 3 is 3.07 bits per heavy atom. The predicted octanol–water partition coefficient (Wildman–Crippen LogP) is -1.47. The average molecular weight is 192 g/mol. The highest BCUT2D eigenvalue weighted by Crippen LogP contribution is 2.08. The fraction of sp³-hybridized carbons (Fsp3) is 0.222. The Morgan fingerprint density at radius 1 is 1.57 bits per heavy atom. The standard InChI is InChI=1S/C9H12N4O/c1-6-7(10)2-3-8-9(6)11-12-13(8)4-5-14/h2-3,12,14H,1,4-5,10H2. The Balaban J connectivity index is 2.51. The summed E-state index contributed by atoms with van der Waals surface area (Å²) in [5.74, 6) is 0. The SMILES string of the molecule is C=c1c(N)ccc2c1=NNN2CCO. The van der Waals surface area contributed by atoms with E-state index < -0.39 is 0 Å². The van der Waals surface area contributed by atoms with Gasteiger partial charge < -0.3 is 10.8 Å². The maximum absolute atomic E-state index is 8.81. The van der Waals surface area contributed by atoms with Gasteiger partial charge in [-0.2, -0.15) is 5.10 Å². The first kappa shape index (κ1) is 8.83. The second-order valence-corrected chi connectivity index (χ2v) is 3.09. The minimum Gasteiger partial charge on any atom is -0.398 e. The van der Waals surface area contributed by atoms with Crippen molar-refractivity contribution in [1.82, 2.24) is 5.53 Å². The molecule has 0 saturated carbocycles. The highest BCUT2D eigenvalue weighted by Gasteiger charge is 2.13. The smallest absolute Gasteiger partial charge is 0.119 e. The molecule has 0 saturated heterocycles. The number of fused-ring (bicyclic) bond motifs is 1. The Kier molecular flexibility index (Phi) is 2.01. The number of anilines is 2. The van der Waals surface area contributed by atoms with Crippen LogP contribution in [-0.4, -0.2) is 18.3 Å². The largest absolute Gasteiger partial charge is 0.398 e. The summed E-state index contributed by atoms with van der Waals surface area (Å²) in [5.41, 5.74) is 10.0. The molecule has 1 aromatic carbocycles. The lowest BCUT2D eigenvalue weighted by Crippen LogP contribution is -2.35. The molecule has 0 atom stereocenters. The Labute approximate surface area is 81.1 Å². The summed E-state index contributed by atoms with van der Waals surface area (Å²) in [6.07, 6.45) is 0. The summed E-state index contributed by atoms with van der Waals surface area (Å²) in [7, 11) is 0. The number of nitrogens with zero attached hydrogens (tertiary/aromatic N) is 2. The van der Waals surface area contributed by atoms with Gasteiger partial charge in [-0.25, -0.2) is 5.53 Å². The van der Waals surface area contributed by atoms with E-state index in [0.29, 0.717) is 12.2 Å². The Hall–Kier alpha value is -1.75. The molecule has 0 fully saturated rings. The molecule has 1 aromatic rings. The predicted molar refractivity (Wildman–Crippen MR) is 54.7 cm³/mol. The molecule has 1 heterocycles. The van der Waals surface area contributed by atoms with Gasteiger partial charge in [-0.15, -0.1) is 0 Å². The van der Waals surface area contributed by atoms with Crippen molar-refractivity contribution in [2.45, 2.75) is 0 Å². The molecule has 0 unspecified atom stereocenters. The molecule has 0 aromatic heterocycles. The Morgan fingerprint density at radius 2 is 2.36 bits per heavy atom. The van der Waals surface area contributed by atoms with E-state index in [1.165, 1.54) is 0 Å². The van der Waals surface area contributed by atoms with Crippen molar-refractivity contribution in [2.75, 3.05) is 23.9 Å². The van der Waals surface area contributed by atoms with Crippen molar-refractivity contribution in [3.63, 3.8) is 0 Å². The zero-order chi connectivity index (χ0) is 10.1. The molecule has 5 heteroatoms. The van der Waals surface area contributed by atoms with Gasteiger partial charge in [-0.3, -0.25) is 5.01 Å². The number of nitrogen functional groups attached to an aromatic ring is 1. The number of hydrazine groups is 1. The third kappa shape index (κ3) is 1.18. The molecule has 0 radical (unpaired) electrons. The van der Waals surface area contributed by atoms with Gasteiger partial charge in [0.15, 0.2) is 0 Å². The average Bonchev–Trinajstić information content (AvgIpc) is 2.57. The minimum atomic E-state index is 0.0683. The van der Waals surface area contributed by atoms with Gasteiger partial charge in [0.2, 0.25) is 0 Å². The number of hydrogen-bond donors (Lipinski definition) is 3. The summed E-state index contributed by atoms with van der Waals surface area (Å²) in [5, 5.41) is 16.1. The Bertz CT molecular complexity index is 457. The minimum absolute atomic E-state index is 0.0683. The number of hydrogen-bond acceptors (Lipinski definition) is 5. The monoisotopic (exact) mass is 192 g/mol. The van der Waals surface area contributed by atoms with E-state index in [4.69, 9.17) is 10.8 Å². The molecule has 14 heavy (non-hydrogen) atoms. The van der Waals surface area contributed by atoms with E-state index in [1.54, 1.807) is 11.1 Å². The number of nitrogens with two attached hydrogens (primary N) is 1. The van der Waals surface area contributed by atoms with Crippen LogP contribution in [0.1, 0.15) is 0 Å². The van der Waals surface area contributed by atoms with Gasteiger partial charge in [0.25, 0.3) is 0 Å². The number of benzene rings is 1. The van der Waals surface area contributed by atoms with Crippen LogP contribution in [0.25, 0.3) is 6.58 Å². The number of aliphatic hydroxyl groups excluding tert-OH is 1. The lowest BCUT2D eigenvalue weighted by molar-refractivity contribution is 0.298. The van der Waals surface area contributed by atoms with Crippen LogP contribution in [0.15, 0.2) is 17.2 Å². The fourth-order valence-electron chi connectivity index (χ4n) is 1.42. The molecule has 4 N–H and O–H groups in total. The lowest BCUT2D eigenvalue weighted by atomic mass is 10.2. The third-order valence-electron chi connectivity index (χ3n) is 2.19. The molecule has 2 rings (SSSR count). The summed E-state index contributed by atoms with van der Waals surface area (Å²) in [4.78, 5) is 0. The van der Waals surface area contributed by atoms with Gasteiger partial charge >= 0.3 is 0 Å². The fourth-order valence-corrected chi connectivity index (χ4v) is 1.42. The maximum atomic E-state index is 8.81. The second-order valence-electron chi connectivity index (χ2n) is 3.09. The lowest BCUT2D eigenvalue weighted by Gasteiger charge is -2.16. The second kappa shape index (κ2) is 3.19. The first-order chi connectivity index (χ1) is 6.74. The molecule has 74 valence electrons. The van der Waals surface area contributed by atoms with Crippen molar-refractivity contribution in [1.29, 1.82) is 0 Å². The van der Waals surface area contributed by atoms with E-state index in [-0.39, 0.29) is 6.61 Å². The number of β-amino-alcohol motifs (C(OH)–C–C–N with tert-alkyl or cyclic N) is 1. The summed E-state index contributed by atoms with van der Waals surface area (Å²) < 4.78 is 0. The third-order valence-corrected chi connectivity index (χ3v) is 2.19. The van der Waals surface area contributed by atoms with Crippen LogP contribution in [0, 0.1) is 0 Å². The molecule has 1 aliphatic rings. The number of nitrogens with one attached hydrogen (secondary N) is 1. The van der Waals surface area contributed by atoms with E-state index in [0.717, 1.165) is 16.3 Å². The van der Waals surface area contributed by atoms with Gasteiger partial charge in [-0.1, -0.05) is 6.58 Å². The van der Waals surface area contributed by atoms with Crippen LogP contribution in [0.3, 0.4) is 0 Å². The molecule has 0 spiro atoms. The summed E-state index contributed by atoms with van der Waals surface area (Å²) in [6.45, 7) is 4.39. The molecule has 0 aliphatic carbocycles. The van der Waals surface area contributed by atoms with Crippen molar-refractivity contribution in [2.24, 2.45) is 5.10 Å². The van der Waals surface area contributed by atoms with Crippen LogP contribution in [0.4, 0.5) is 11.4 Å². The molecular weight excluding hydrogens is 180 g/mol. The highest BCUT2D eigenvalue weighted by atomic mass is 16.3. The quantitative estimate of drug-likeness (QED) is 0.500. The molecule has 5 nitrogen and oxygen atoms in total. The zero-order valence-electron chi connectivity index (χ0n) is 7.70. The topological polar surface area (TPSA) is 73.9 Å². The van der Waals surface area contributed by atoms with Crippen LogP contribution < -0.4 is 26.9 Å². The van der Waals surface area contributed by atoms with Gasteiger partial charge in [0.05, 0.1) is 18.8 Å². The van der Waals surface area contributed by atoms with Crippen LogP contribution in [-0.2, 0) is 0 Å². The van der Waals surface area contributed by atoms with Crippen LogP contribution >= 0.6 is 0 Å². The van der Waals surface area contributed by atoms with E-state index in [9.17, 15) is 0 Å². The highest BCUT2D eigenvalue weighted by molar-refractivity contribution is 5.55. The van der Waals surface area contributed by atoms with Crippen LogP contribution in [0.5, 0.6) is 0 Å². The van der Waals surface area contributed by atoms with Gasteiger partial charge in [0, 0.05) is 10.9 Å². The summed E-state index contributed by atoms with van der Waals surface area (Å²) in [6, 6.07) is 3.65. The maximum Gasteiger partial charge on any atom is 0.119 e. The number of aliphatic hydroxyl groups is 1. The van der Waals surface area contributed by atoms with Crippen molar-refractivity contribution in [3.8, 4) is 0 Å². The normalized spacial score (nSPS) is 13.4. The van der Waals surface area contributed by atoms with Gasteiger partial charge in [-0.05, 0) is 12.1 Å². The van der Waals surface area contributed by atoms with Crippen molar-refractivity contribution in [3.05, 3.63) is 22.7 Å².